The Balaban J connectivity index is 2.06. The molecule has 0 unspecified atom stereocenters. The predicted octanol–water partition coefficient (Wildman–Crippen LogP) is 1.47. The lowest BCUT2D eigenvalue weighted by atomic mass is 10.2. The predicted molar refractivity (Wildman–Crippen MR) is 73.5 cm³/mol. The molecule has 0 fully saturated rings. The molecule has 8 heteroatoms. The number of pyridine rings is 1. The second kappa shape index (κ2) is 6.24. The van der Waals surface area contributed by atoms with Gasteiger partial charge in [-0.3, -0.25) is 15.1 Å². The highest BCUT2D eigenvalue weighted by molar-refractivity contribution is 5.98. The Bertz CT molecular complexity index is 683. The number of non-ortho nitro benzene ring substituents is 1. The lowest BCUT2D eigenvalue weighted by Gasteiger charge is -2.00. The number of amidine groups is 1. The Kier molecular flexibility index (Phi) is 4.20. The number of nitrogens with zero attached hydrogens (tertiary/aromatic N) is 3. The van der Waals surface area contributed by atoms with Gasteiger partial charge in [-0.15, -0.1) is 0 Å². The van der Waals surface area contributed by atoms with E-state index in [0.29, 0.717) is 5.56 Å². The highest BCUT2D eigenvalue weighted by atomic mass is 16.7. The molecule has 0 radical (unpaired) electrons. The van der Waals surface area contributed by atoms with Crippen LogP contribution in [0.2, 0.25) is 0 Å². The Morgan fingerprint density at radius 3 is 2.33 bits per heavy atom. The fraction of sp³-hybridized carbons (Fsp3) is 0. The summed E-state index contributed by atoms with van der Waals surface area (Å²) >= 11 is 0. The standard InChI is InChI=1S/C13H10N4O4/c14-12(9-5-7-15-8-6-9)16-21-13(18)10-1-3-11(4-2-10)17(19)20/h1-8H,(H2,14,16). The van der Waals surface area contributed by atoms with Crippen molar-refractivity contribution >= 4 is 17.5 Å². The summed E-state index contributed by atoms with van der Waals surface area (Å²) in [6, 6.07) is 8.17. The fourth-order valence-corrected chi connectivity index (χ4v) is 1.44. The maximum absolute atomic E-state index is 11.7. The van der Waals surface area contributed by atoms with Gasteiger partial charge in [-0.2, -0.15) is 0 Å². The van der Waals surface area contributed by atoms with Gasteiger partial charge in [-0.25, -0.2) is 4.79 Å². The highest BCUT2D eigenvalue weighted by Gasteiger charge is 2.11. The van der Waals surface area contributed by atoms with E-state index in [9.17, 15) is 14.9 Å². The van der Waals surface area contributed by atoms with E-state index < -0.39 is 10.9 Å². The van der Waals surface area contributed by atoms with Crippen molar-refractivity contribution < 1.29 is 14.6 Å². The highest BCUT2D eigenvalue weighted by Crippen LogP contribution is 2.12. The van der Waals surface area contributed by atoms with E-state index >= 15 is 0 Å². The van der Waals surface area contributed by atoms with Crippen LogP contribution in [-0.2, 0) is 4.84 Å². The molecule has 2 rings (SSSR count). The zero-order chi connectivity index (χ0) is 15.2. The van der Waals surface area contributed by atoms with Gasteiger partial charge in [0.15, 0.2) is 5.84 Å². The maximum Gasteiger partial charge on any atom is 0.365 e. The summed E-state index contributed by atoms with van der Waals surface area (Å²) in [5.41, 5.74) is 6.21. The number of rotatable bonds is 4. The van der Waals surface area contributed by atoms with E-state index in [2.05, 4.69) is 15.0 Å². The summed E-state index contributed by atoms with van der Waals surface area (Å²) in [5.74, 6) is -0.741. The first-order valence-electron chi connectivity index (χ1n) is 5.77. The first-order valence-corrected chi connectivity index (χ1v) is 5.77. The first-order chi connectivity index (χ1) is 10.1. The van der Waals surface area contributed by atoms with Gasteiger partial charge in [0.1, 0.15) is 0 Å². The molecule has 0 aliphatic rings. The SMILES string of the molecule is N/C(=N\OC(=O)c1ccc([N+](=O)[O-])cc1)c1ccncc1. The minimum Gasteiger partial charge on any atom is -0.380 e. The largest absolute Gasteiger partial charge is 0.380 e. The topological polar surface area (TPSA) is 121 Å². The van der Waals surface area contributed by atoms with Gasteiger partial charge in [-0.1, -0.05) is 5.16 Å². The first kappa shape index (κ1) is 14.1. The molecular weight excluding hydrogens is 276 g/mol. The van der Waals surface area contributed by atoms with Gasteiger partial charge in [0.2, 0.25) is 0 Å². The van der Waals surface area contributed by atoms with Gasteiger partial charge in [0, 0.05) is 30.1 Å². The lowest BCUT2D eigenvalue weighted by Crippen LogP contribution is -2.15. The van der Waals surface area contributed by atoms with Crippen LogP contribution in [0.4, 0.5) is 5.69 Å². The van der Waals surface area contributed by atoms with Crippen LogP contribution in [0.5, 0.6) is 0 Å². The van der Waals surface area contributed by atoms with Crippen LogP contribution < -0.4 is 5.73 Å². The van der Waals surface area contributed by atoms with Crippen molar-refractivity contribution in [3.63, 3.8) is 0 Å². The minimum atomic E-state index is -0.762. The van der Waals surface area contributed by atoms with Crippen LogP contribution in [0, 0.1) is 10.1 Å². The normalized spacial score (nSPS) is 11.0. The zero-order valence-electron chi connectivity index (χ0n) is 10.7. The third kappa shape index (κ3) is 3.60. The number of nitro groups is 1. The second-order valence-electron chi connectivity index (χ2n) is 3.90. The number of benzene rings is 1. The Hall–Kier alpha value is -3.29. The van der Waals surface area contributed by atoms with E-state index in [1.807, 2.05) is 0 Å². The molecule has 0 amide bonds. The summed E-state index contributed by atoms with van der Waals surface area (Å²) in [5, 5.41) is 14.0. The average Bonchev–Trinajstić information content (AvgIpc) is 2.53. The Morgan fingerprint density at radius 1 is 1.14 bits per heavy atom. The molecule has 0 bridgehead atoms. The molecule has 0 saturated carbocycles. The third-order valence-corrected chi connectivity index (χ3v) is 2.52. The van der Waals surface area contributed by atoms with E-state index in [0.717, 1.165) is 0 Å². The zero-order valence-corrected chi connectivity index (χ0v) is 10.7. The molecule has 1 aromatic heterocycles. The van der Waals surface area contributed by atoms with E-state index in [1.165, 1.54) is 36.7 Å². The number of carbonyl (C=O) groups is 1. The van der Waals surface area contributed by atoms with Gasteiger partial charge in [0.05, 0.1) is 10.5 Å². The molecule has 106 valence electrons. The molecule has 21 heavy (non-hydrogen) atoms. The van der Waals surface area contributed by atoms with Crippen LogP contribution in [0.25, 0.3) is 0 Å². The maximum atomic E-state index is 11.7. The molecule has 1 heterocycles. The summed E-state index contributed by atoms with van der Waals surface area (Å²) in [6.45, 7) is 0. The van der Waals surface area contributed by atoms with Crippen molar-refractivity contribution in [2.45, 2.75) is 0 Å². The van der Waals surface area contributed by atoms with Gasteiger partial charge >= 0.3 is 5.97 Å². The lowest BCUT2D eigenvalue weighted by molar-refractivity contribution is -0.384. The number of nitro benzene ring substituents is 1. The number of oxime groups is 1. The van der Waals surface area contributed by atoms with Gasteiger partial charge in [0.25, 0.3) is 5.69 Å². The van der Waals surface area contributed by atoms with Crippen molar-refractivity contribution in [2.75, 3.05) is 0 Å². The van der Waals surface area contributed by atoms with Gasteiger partial charge < -0.3 is 10.6 Å². The Labute approximate surface area is 119 Å². The monoisotopic (exact) mass is 286 g/mol. The fourth-order valence-electron chi connectivity index (χ4n) is 1.44. The summed E-state index contributed by atoms with van der Waals surface area (Å²) in [7, 11) is 0. The van der Waals surface area contributed by atoms with Crippen LogP contribution in [0.15, 0.2) is 53.9 Å². The smallest absolute Gasteiger partial charge is 0.365 e. The van der Waals surface area contributed by atoms with Crippen molar-refractivity contribution in [1.29, 1.82) is 0 Å². The molecule has 1 aromatic carbocycles. The van der Waals surface area contributed by atoms with E-state index in [-0.39, 0.29) is 17.1 Å². The van der Waals surface area contributed by atoms with Crippen molar-refractivity contribution in [1.82, 2.24) is 4.98 Å². The van der Waals surface area contributed by atoms with Crippen molar-refractivity contribution in [2.24, 2.45) is 10.9 Å². The minimum absolute atomic E-state index is 0.0210. The summed E-state index contributed by atoms with van der Waals surface area (Å²) < 4.78 is 0. The van der Waals surface area contributed by atoms with Crippen LogP contribution >= 0.6 is 0 Å². The Morgan fingerprint density at radius 2 is 1.76 bits per heavy atom. The number of hydrogen-bond acceptors (Lipinski definition) is 6. The molecule has 0 aliphatic carbocycles. The molecular formula is C13H10N4O4. The molecule has 2 aromatic rings. The number of carbonyl (C=O) groups excluding carboxylic acids is 1. The molecule has 0 atom stereocenters. The third-order valence-electron chi connectivity index (χ3n) is 2.52. The molecule has 8 nitrogen and oxygen atoms in total. The number of nitrogens with two attached hydrogens (primary N) is 1. The summed E-state index contributed by atoms with van der Waals surface area (Å²) in [6.07, 6.45) is 3.05. The molecule has 0 saturated heterocycles. The van der Waals surface area contributed by atoms with Crippen LogP contribution in [0.1, 0.15) is 15.9 Å². The summed E-state index contributed by atoms with van der Waals surface area (Å²) in [4.78, 5) is 30.1. The molecule has 0 aliphatic heterocycles. The number of hydrogen-bond donors (Lipinski definition) is 1. The van der Waals surface area contributed by atoms with Gasteiger partial charge in [-0.05, 0) is 24.3 Å². The second-order valence-corrected chi connectivity index (χ2v) is 3.90. The van der Waals surface area contributed by atoms with E-state index in [1.54, 1.807) is 12.1 Å². The van der Waals surface area contributed by atoms with Crippen molar-refractivity contribution in [3.05, 3.63) is 70.0 Å². The van der Waals surface area contributed by atoms with Crippen LogP contribution in [-0.4, -0.2) is 21.7 Å². The molecule has 2 N–H and O–H groups in total. The number of aromatic nitrogens is 1. The average molecular weight is 286 g/mol. The quantitative estimate of drug-likeness (QED) is 0.298. The van der Waals surface area contributed by atoms with Crippen molar-refractivity contribution in [3.8, 4) is 0 Å². The van der Waals surface area contributed by atoms with Crippen LogP contribution in [0.3, 0.4) is 0 Å². The molecule has 0 spiro atoms. The van der Waals surface area contributed by atoms with E-state index in [4.69, 9.17) is 5.73 Å².